The second-order valence-corrected chi connectivity index (χ2v) is 8.16. The van der Waals surface area contributed by atoms with Crippen molar-refractivity contribution in [3.63, 3.8) is 0 Å². The molecule has 1 saturated heterocycles. The van der Waals surface area contributed by atoms with Crippen molar-refractivity contribution in [3.05, 3.63) is 11.1 Å². The summed E-state index contributed by atoms with van der Waals surface area (Å²) in [5.74, 6) is -0.0792. The van der Waals surface area contributed by atoms with E-state index in [0.717, 1.165) is 5.57 Å². The molecular formula is C19H32O8. The fraction of sp³-hybridized carbons (Fsp3) is 0.842. The van der Waals surface area contributed by atoms with Crippen LogP contribution in [0.15, 0.2) is 11.1 Å². The highest BCUT2D eigenvalue weighted by molar-refractivity contribution is 5.97. The minimum Gasteiger partial charge on any atom is -0.394 e. The van der Waals surface area contributed by atoms with E-state index < -0.39 is 54.9 Å². The zero-order valence-electron chi connectivity index (χ0n) is 16.3. The van der Waals surface area contributed by atoms with E-state index in [1.807, 2.05) is 13.8 Å². The number of Topliss-reactive ketones (excluding diaryl/α,β-unsaturated/α-hetero) is 1. The van der Waals surface area contributed by atoms with Crippen molar-refractivity contribution in [2.24, 2.45) is 5.41 Å². The van der Waals surface area contributed by atoms with Gasteiger partial charge in [-0.3, -0.25) is 4.79 Å². The van der Waals surface area contributed by atoms with Crippen molar-refractivity contribution < 1.29 is 39.8 Å². The molecule has 0 radical (unpaired) electrons. The Morgan fingerprint density at radius 3 is 2.41 bits per heavy atom. The summed E-state index contributed by atoms with van der Waals surface area (Å²) in [6.45, 7) is 6.77. The van der Waals surface area contributed by atoms with Gasteiger partial charge in [0.15, 0.2) is 12.1 Å². The summed E-state index contributed by atoms with van der Waals surface area (Å²) in [5.41, 5.74) is 0.981. The number of hydrogen-bond donors (Lipinski definition) is 5. The minimum absolute atomic E-state index is 0.0792. The number of aliphatic hydroxyl groups excluding tert-OH is 5. The van der Waals surface area contributed by atoms with Gasteiger partial charge in [-0.1, -0.05) is 19.4 Å². The molecule has 1 aliphatic heterocycles. The van der Waals surface area contributed by atoms with Crippen LogP contribution in [0.25, 0.3) is 0 Å². The van der Waals surface area contributed by atoms with Crippen LogP contribution in [-0.4, -0.2) is 80.8 Å². The normalized spacial score (nSPS) is 38.2. The molecule has 0 aromatic heterocycles. The van der Waals surface area contributed by atoms with Gasteiger partial charge in [0, 0.05) is 11.8 Å². The van der Waals surface area contributed by atoms with E-state index in [1.54, 1.807) is 13.8 Å². The molecule has 0 unspecified atom stereocenters. The lowest BCUT2D eigenvalue weighted by Crippen LogP contribution is -2.60. The Balaban J connectivity index is 2.21. The summed E-state index contributed by atoms with van der Waals surface area (Å²) in [7, 11) is 0. The summed E-state index contributed by atoms with van der Waals surface area (Å²) >= 11 is 0. The van der Waals surface area contributed by atoms with Crippen LogP contribution >= 0.6 is 0 Å². The molecule has 2 aliphatic rings. The lowest BCUT2D eigenvalue weighted by molar-refractivity contribution is -0.317. The number of allylic oxidation sites excluding steroid dienone is 1. The molecule has 2 rings (SSSR count). The first-order valence-corrected chi connectivity index (χ1v) is 9.38. The van der Waals surface area contributed by atoms with E-state index in [9.17, 15) is 30.3 Å². The summed E-state index contributed by atoms with van der Waals surface area (Å²) in [6, 6.07) is 0. The maximum Gasteiger partial charge on any atom is 0.187 e. The molecule has 27 heavy (non-hydrogen) atoms. The van der Waals surface area contributed by atoms with E-state index in [2.05, 4.69) is 0 Å². The maximum absolute atomic E-state index is 12.5. The van der Waals surface area contributed by atoms with Crippen molar-refractivity contribution in [3.8, 4) is 0 Å². The van der Waals surface area contributed by atoms with Crippen LogP contribution in [0.2, 0.25) is 0 Å². The number of rotatable bonds is 6. The third kappa shape index (κ3) is 4.59. The smallest absolute Gasteiger partial charge is 0.187 e. The molecule has 8 nitrogen and oxygen atoms in total. The Hall–Kier alpha value is -0.870. The van der Waals surface area contributed by atoms with E-state index in [0.29, 0.717) is 18.4 Å². The van der Waals surface area contributed by atoms with E-state index in [4.69, 9.17) is 9.47 Å². The monoisotopic (exact) mass is 388 g/mol. The summed E-state index contributed by atoms with van der Waals surface area (Å²) < 4.78 is 11.3. The van der Waals surface area contributed by atoms with Crippen molar-refractivity contribution in [2.75, 3.05) is 6.61 Å². The Labute approximate surface area is 159 Å². The van der Waals surface area contributed by atoms with Gasteiger partial charge in [0.25, 0.3) is 0 Å². The van der Waals surface area contributed by atoms with Crippen LogP contribution in [0, 0.1) is 5.41 Å². The fourth-order valence-electron chi connectivity index (χ4n) is 3.85. The molecule has 0 saturated carbocycles. The molecule has 0 aromatic rings. The Bertz CT molecular complexity index is 568. The second kappa shape index (κ2) is 8.65. The molecule has 156 valence electrons. The first kappa shape index (κ1) is 22.4. The molecule has 0 spiro atoms. The molecule has 1 heterocycles. The van der Waals surface area contributed by atoms with Crippen molar-refractivity contribution in [1.29, 1.82) is 0 Å². The average molecular weight is 388 g/mol. The molecule has 1 fully saturated rings. The molecule has 0 amide bonds. The quantitative estimate of drug-likeness (QED) is 0.416. The molecule has 0 aromatic carbocycles. The Morgan fingerprint density at radius 2 is 1.85 bits per heavy atom. The number of aliphatic hydroxyl groups is 5. The highest BCUT2D eigenvalue weighted by Gasteiger charge is 2.48. The van der Waals surface area contributed by atoms with Gasteiger partial charge in [-0.05, 0) is 32.3 Å². The van der Waals surface area contributed by atoms with Crippen LogP contribution in [0.5, 0.6) is 0 Å². The van der Waals surface area contributed by atoms with Crippen LogP contribution in [0.1, 0.15) is 47.0 Å². The largest absolute Gasteiger partial charge is 0.394 e. The predicted molar refractivity (Wildman–Crippen MR) is 95.7 cm³/mol. The van der Waals surface area contributed by atoms with Gasteiger partial charge < -0.3 is 35.0 Å². The summed E-state index contributed by atoms with van der Waals surface area (Å²) in [4.78, 5) is 12.5. The lowest BCUT2D eigenvalue weighted by Gasteiger charge is -2.46. The van der Waals surface area contributed by atoms with E-state index in [1.165, 1.54) is 0 Å². The van der Waals surface area contributed by atoms with Crippen molar-refractivity contribution in [2.45, 2.75) is 89.9 Å². The zero-order valence-corrected chi connectivity index (χ0v) is 16.3. The standard InChI is InChI=1S/C19H32O8/c1-9(21)5-6-11-10(2)12(22)7-14(19(11,3)4)27-18-17(25)16(24)15(23)13(8-20)26-18/h9,13-18,20-21,23-25H,5-8H2,1-4H3/t9-,13-,14+,15-,16+,17-,18+/m1/s1. The highest BCUT2D eigenvalue weighted by Crippen LogP contribution is 2.44. The van der Waals surface area contributed by atoms with Crippen LogP contribution in [-0.2, 0) is 14.3 Å². The first-order valence-electron chi connectivity index (χ1n) is 9.38. The molecule has 1 aliphatic carbocycles. The van der Waals surface area contributed by atoms with Crippen molar-refractivity contribution in [1.82, 2.24) is 0 Å². The lowest BCUT2D eigenvalue weighted by atomic mass is 9.68. The maximum atomic E-state index is 12.5. The number of ketones is 1. The van der Waals surface area contributed by atoms with Gasteiger partial charge in [0.1, 0.15) is 24.4 Å². The van der Waals surface area contributed by atoms with Gasteiger partial charge in [-0.2, -0.15) is 0 Å². The molecule has 5 N–H and O–H groups in total. The van der Waals surface area contributed by atoms with Gasteiger partial charge in [0.2, 0.25) is 0 Å². The Kier molecular flexibility index (Phi) is 7.18. The number of hydrogen-bond acceptors (Lipinski definition) is 8. The molecule has 0 bridgehead atoms. The minimum atomic E-state index is -1.53. The van der Waals surface area contributed by atoms with Gasteiger partial charge in [-0.15, -0.1) is 0 Å². The van der Waals surface area contributed by atoms with E-state index in [-0.39, 0.29) is 12.2 Å². The first-order chi connectivity index (χ1) is 12.5. The van der Waals surface area contributed by atoms with Crippen LogP contribution < -0.4 is 0 Å². The predicted octanol–water partition coefficient (Wildman–Crippen LogP) is -0.352. The number of ether oxygens (including phenoxy) is 2. The second-order valence-electron chi connectivity index (χ2n) is 8.16. The van der Waals surface area contributed by atoms with Crippen LogP contribution in [0.4, 0.5) is 0 Å². The van der Waals surface area contributed by atoms with Crippen LogP contribution in [0.3, 0.4) is 0 Å². The number of carbonyl (C=O) groups excluding carboxylic acids is 1. The zero-order chi connectivity index (χ0) is 20.5. The molecule has 8 heteroatoms. The highest BCUT2D eigenvalue weighted by atomic mass is 16.7. The third-order valence-corrected chi connectivity index (χ3v) is 5.78. The van der Waals surface area contributed by atoms with Gasteiger partial charge >= 0.3 is 0 Å². The van der Waals surface area contributed by atoms with Gasteiger partial charge in [-0.25, -0.2) is 0 Å². The molecule has 7 atom stereocenters. The third-order valence-electron chi connectivity index (χ3n) is 5.78. The average Bonchev–Trinajstić information content (AvgIpc) is 2.59. The van der Waals surface area contributed by atoms with Crippen molar-refractivity contribution >= 4 is 5.78 Å². The SMILES string of the molecule is CC1=C(CC[C@@H](C)O)C(C)(C)[C@@H](O[C@@H]2O[C@H](CO)[C@@H](O)[C@H](O)[C@H]2O)CC1=O. The number of carbonyl (C=O) groups is 1. The topological polar surface area (TPSA) is 137 Å². The molecular weight excluding hydrogens is 356 g/mol. The summed E-state index contributed by atoms with van der Waals surface area (Å²) in [5, 5.41) is 49.0. The summed E-state index contributed by atoms with van der Waals surface area (Å²) in [6.07, 6.45) is -6.84. The van der Waals surface area contributed by atoms with Gasteiger partial charge in [0.05, 0.1) is 18.8 Å². The Morgan fingerprint density at radius 1 is 1.22 bits per heavy atom. The van der Waals surface area contributed by atoms with E-state index >= 15 is 0 Å². The fourth-order valence-corrected chi connectivity index (χ4v) is 3.85.